The third kappa shape index (κ3) is 4.08. The number of hydrogen-bond acceptors (Lipinski definition) is 4. The highest BCUT2D eigenvalue weighted by Crippen LogP contribution is 2.28. The fourth-order valence-electron chi connectivity index (χ4n) is 3.50. The number of nitrogens with one attached hydrogen (secondary N) is 2. The maximum Gasteiger partial charge on any atom is 0.262 e. The van der Waals surface area contributed by atoms with Gasteiger partial charge in [-0.2, -0.15) is 0 Å². The molecule has 2 aromatic carbocycles. The molecule has 0 atom stereocenters. The molecule has 3 aromatic rings. The van der Waals surface area contributed by atoms with Crippen LogP contribution < -0.4 is 15.4 Å². The van der Waals surface area contributed by atoms with Crippen LogP contribution in [0.25, 0.3) is 11.0 Å². The molecular formula is C22H24N4O3. The van der Waals surface area contributed by atoms with Crippen molar-refractivity contribution in [1.29, 1.82) is 0 Å². The van der Waals surface area contributed by atoms with Crippen LogP contribution in [0.3, 0.4) is 0 Å². The molecule has 0 bridgehead atoms. The number of carbonyl (C=O) groups is 2. The molecule has 1 aliphatic rings. The highest BCUT2D eigenvalue weighted by atomic mass is 16.5. The van der Waals surface area contributed by atoms with Crippen molar-refractivity contribution in [2.24, 2.45) is 5.92 Å². The summed E-state index contributed by atoms with van der Waals surface area (Å²) in [5.41, 5.74) is 3.09. The van der Waals surface area contributed by atoms with Crippen molar-refractivity contribution in [3.63, 3.8) is 0 Å². The summed E-state index contributed by atoms with van der Waals surface area (Å²) in [5.74, 6) is 1.61. The van der Waals surface area contributed by atoms with Crippen LogP contribution in [-0.4, -0.2) is 34.5 Å². The van der Waals surface area contributed by atoms with Gasteiger partial charge in [-0.3, -0.25) is 9.59 Å². The van der Waals surface area contributed by atoms with E-state index in [0.29, 0.717) is 35.9 Å². The van der Waals surface area contributed by atoms with Crippen molar-refractivity contribution in [3.8, 4) is 5.75 Å². The van der Waals surface area contributed by atoms with Crippen molar-refractivity contribution >= 4 is 28.5 Å². The van der Waals surface area contributed by atoms with E-state index in [2.05, 4.69) is 35.1 Å². The van der Waals surface area contributed by atoms with Gasteiger partial charge in [0.05, 0.1) is 16.7 Å². The van der Waals surface area contributed by atoms with E-state index in [0.717, 1.165) is 23.4 Å². The number of ether oxygens (including phenoxy) is 1. The largest absolute Gasteiger partial charge is 0.482 e. The van der Waals surface area contributed by atoms with Crippen LogP contribution in [0, 0.1) is 5.92 Å². The Hall–Kier alpha value is -3.35. The normalized spacial score (nSPS) is 13.1. The van der Waals surface area contributed by atoms with Crippen molar-refractivity contribution in [1.82, 2.24) is 14.9 Å². The Labute approximate surface area is 169 Å². The number of anilines is 1. The van der Waals surface area contributed by atoms with Gasteiger partial charge in [-0.15, -0.1) is 0 Å². The number of fused-ring (bicyclic) bond motifs is 2. The lowest BCUT2D eigenvalue weighted by molar-refractivity contribution is -0.118. The molecule has 150 valence electrons. The lowest BCUT2D eigenvalue weighted by atomic mass is 10.1. The number of amides is 2. The van der Waals surface area contributed by atoms with E-state index >= 15 is 0 Å². The molecule has 0 fully saturated rings. The summed E-state index contributed by atoms with van der Waals surface area (Å²) < 4.78 is 7.56. The molecule has 2 amide bonds. The zero-order valence-corrected chi connectivity index (χ0v) is 16.6. The molecule has 7 nitrogen and oxygen atoms in total. The summed E-state index contributed by atoms with van der Waals surface area (Å²) in [5, 5.41) is 5.66. The van der Waals surface area contributed by atoms with E-state index in [-0.39, 0.29) is 18.4 Å². The van der Waals surface area contributed by atoms with Crippen LogP contribution in [-0.2, 0) is 17.8 Å². The molecule has 0 unspecified atom stereocenters. The summed E-state index contributed by atoms with van der Waals surface area (Å²) in [6.07, 6.45) is 0.637. The molecule has 29 heavy (non-hydrogen) atoms. The number of hydrogen-bond donors (Lipinski definition) is 2. The van der Waals surface area contributed by atoms with Gasteiger partial charge in [0, 0.05) is 25.1 Å². The second-order valence-corrected chi connectivity index (χ2v) is 7.57. The topological polar surface area (TPSA) is 85.2 Å². The van der Waals surface area contributed by atoms with Crippen LogP contribution in [0.2, 0.25) is 0 Å². The van der Waals surface area contributed by atoms with Crippen molar-refractivity contribution < 1.29 is 14.3 Å². The minimum Gasteiger partial charge on any atom is -0.482 e. The average molecular weight is 392 g/mol. The van der Waals surface area contributed by atoms with Gasteiger partial charge in [-0.25, -0.2) is 4.98 Å². The zero-order chi connectivity index (χ0) is 20.4. The van der Waals surface area contributed by atoms with Crippen LogP contribution in [0.1, 0.15) is 30.0 Å². The van der Waals surface area contributed by atoms with Crippen LogP contribution in [0.4, 0.5) is 5.69 Å². The lowest BCUT2D eigenvalue weighted by Gasteiger charge is -2.18. The number of imidazole rings is 1. The molecule has 7 heteroatoms. The maximum atomic E-state index is 12.5. The Morgan fingerprint density at radius 3 is 2.93 bits per heavy atom. The van der Waals surface area contributed by atoms with E-state index in [1.807, 2.05) is 18.2 Å². The van der Waals surface area contributed by atoms with Crippen molar-refractivity contribution in [2.45, 2.75) is 26.8 Å². The van der Waals surface area contributed by atoms with Gasteiger partial charge in [0.15, 0.2) is 6.61 Å². The number of nitrogens with zero attached hydrogens (tertiary/aromatic N) is 2. The van der Waals surface area contributed by atoms with Gasteiger partial charge in [0.25, 0.3) is 11.8 Å². The molecule has 1 aromatic heterocycles. The number of para-hydroxylation sites is 2. The summed E-state index contributed by atoms with van der Waals surface area (Å²) >= 11 is 0. The zero-order valence-electron chi connectivity index (χ0n) is 16.6. The van der Waals surface area contributed by atoms with Gasteiger partial charge < -0.3 is 19.9 Å². The summed E-state index contributed by atoms with van der Waals surface area (Å²) in [6.45, 7) is 5.71. The average Bonchev–Trinajstić information content (AvgIpc) is 3.04. The first-order valence-electron chi connectivity index (χ1n) is 9.80. The number of rotatable bonds is 6. The smallest absolute Gasteiger partial charge is 0.262 e. The standard InChI is InChI=1S/C22H24N4O3/c1-14(2)12-26-18-6-4-3-5-16(18)24-20(26)9-10-23-22(28)15-7-8-19-17(11-15)25-21(27)13-29-19/h3-8,11,14H,9-10,12-13H2,1-2H3,(H,23,28)(H,25,27). The number of carbonyl (C=O) groups excluding carboxylic acids is 2. The molecule has 2 heterocycles. The predicted molar refractivity (Wildman–Crippen MR) is 111 cm³/mol. The van der Waals surface area contributed by atoms with Crippen LogP contribution in [0.5, 0.6) is 5.75 Å². The molecule has 0 spiro atoms. The third-order valence-electron chi connectivity index (χ3n) is 4.79. The number of benzene rings is 2. The summed E-state index contributed by atoms with van der Waals surface area (Å²) in [4.78, 5) is 28.8. The first kappa shape index (κ1) is 19.0. The Morgan fingerprint density at radius 2 is 2.10 bits per heavy atom. The van der Waals surface area contributed by atoms with E-state index < -0.39 is 0 Å². The van der Waals surface area contributed by atoms with Crippen molar-refractivity contribution in [3.05, 3.63) is 53.9 Å². The molecule has 4 rings (SSSR count). The fourth-order valence-corrected chi connectivity index (χ4v) is 3.50. The fraction of sp³-hybridized carbons (Fsp3) is 0.318. The van der Waals surface area contributed by atoms with Gasteiger partial charge in [-0.1, -0.05) is 26.0 Å². The highest BCUT2D eigenvalue weighted by Gasteiger charge is 2.18. The first-order chi connectivity index (χ1) is 14.0. The van der Waals surface area contributed by atoms with E-state index in [1.54, 1.807) is 18.2 Å². The quantitative estimate of drug-likeness (QED) is 0.675. The first-order valence-corrected chi connectivity index (χ1v) is 9.80. The van der Waals surface area contributed by atoms with E-state index in [1.165, 1.54) is 0 Å². The molecule has 1 aliphatic heterocycles. The Kier molecular flexibility index (Phi) is 5.20. The van der Waals surface area contributed by atoms with Crippen LogP contribution in [0.15, 0.2) is 42.5 Å². The Balaban J connectivity index is 1.44. The molecular weight excluding hydrogens is 368 g/mol. The van der Waals surface area contributed by atoms with Gasteiger partial charge >= 0.3 is 0 Å². The minimum absolute atomic E-state index is 0.00405. The Morgan fingerprint density at radius 1 is 1.28 bits per heavy atom. The predicted octanol–water partition coefficient (Wildman–Crippen LogP) is 3.00. The summed E-state index contributed by atoms with van der Waals surface area (Å²) in [6, 6.07) is 13.1. The highest BCUT2D eigenvalue weighted by molar-refractivity contribution is 5.99. The van der Waals surface area contributed by atoms with Gasteiger partial charge in [0.1, 0.15) is 11.6 Å². The molecule has 0 saturated heterocycles. The SMILES string of the molecule is CC(C)Cn1c(CCNC(=O)c2ccc3c(c2)NC(=O)CO3)nc2ccccc21. The molecule has 0 radical (unpaired) electrons. The monoisotopic (exact) mass is 392 g/mol. The lowest BCUT2D eigenvalue weighted by Crippen LogP contribution is -2.28. The number of aromatic nitrogens is 2. The van der Waals surface area contributed by atoms with Crippen molar-refractivity contribution in [2.75, 3.05) is 18.5 Å². The second kappa shape index (κ2) is 7.95. The maximum absolute atomic E-state index is 12.5. The Bertz CT molecular complexity index is 1070. The molecule has 0 saturated carbocycles. The van der Waals surface area contributed by atoms with E-state index in [9.17, 15) is 9.59 Å². The van der Waals surface area contributed by atoms with Crippen LogP contribution >= 0.6 is 0 Å². The van der Waals surface area contributed by atoms with Gasteiger partial charge in [0.2, 0.25) is 0 Å². The minimum atomic E-state index is -0.223. The summed E-state index contributed by atoms with van der Waals surface area (Å²) in [7, 11) is 0. The van der Waals surface area contributed by atoms with Gasteiger partial charge in [-0.05, 0) is 36.2 Å². The van der Waals surface area contributed by atoms with E-state index in [4.69, 9.17) is 9.72 Å². The molecule has 0 aliphatic carbocycles. The third-order valence-corrected chi connectivity index (χ3v) is 4.79. The second-order valence-electron chi connectivity index (χ2n) is 7.57. The molecule has 2 N–H and O–H groups in total.